The molecule has 0 saturated carbocycles. The highest BCUT2D eigenvalue weighted by atomic mass is 32.2. The van der Waals surface area contributed by atoms with E-state index >= 15 is 0 Å². The minimum Gasteiger partial charge on any atom is -0.493 e. The first-order valence-corrected chi connectivity index (χ1v) is 13.6. The van der Waals surface area contributed by atoms with Crippen LogP contribution in [-0.4, -0.2) is 38.0 Å². The summed E-state index contributed by atoms with van der Waals surface area (Å²) in [6, 6.07) is 23.9. The van der Waals surface area contributed by atoms with Crippen LogP contribution in [0.2, 0.25) is 0 Å². The molecule has 0 aliphatic rings. The molecular formula is C31H27N5O5S. The van der Waals surface area contributed by atoms with Gasteiger partial charge < -0.3 is 30.0 Å². The third kappa shape index (κ3) is 6.66. The molecule has 0 bridgehead atoms. The second-order valence-corrected chi connectivity index (χ2v) is 9.73. The number of nitrogen functional groups attached to an aromatic ring is 1. The zero-order valence-corrected chi connectivity index (χ0v) is 24.0. The van der Waals surface area contributed by atoms with Gasteiger partial charge in [0.1, 0.15) is 40.0 Å². The van der Waals surface area contributed by atoms with Crippen molar-refractivity contribution in [2.24, 2.45) is 0 Å². The SMILES string of the molecule is COc1cc(-c2c(C#N)c(N)nc(SCCC(=O)Nc3ccc(Oc4ccccc4)cc3)c2C#N)cc(OC)c1OC. The summed E-state index contributed by atoms with van der Waals surface area (Å²) in [5, 5.41) is 23.1. The van der Waals surface area contributed by atoms with E-state index in [2.05, 4.69) is 22.4 Å². The Bertz CT molecular complexity index is 1640. The standard InChI is InChI=1S/C31H27N5O5S/c1-38-25-15-19(16-26(39-2)29(25)40-3)28-23(17-32)30(34)36-31(24(28)18-33)42-14-13-27(37)35-20-9-11-22(12-10-20)41-21-7-5-4-6-8-21/h4-12,15-16H,13-14H2,1-3H3,(H2,34,36)(H,35,37). The number of carbonyl (C=O) groups excluding carboxylic acids is 1. The van der Waals surface area contributed by atoms with Gasteiger partial charge in [0.05, 0.1) is 26.9 Å². The van der Waals surface area contributed by atoms with Crippen molar-refractivity contribution < 1.29 is 23.7 Å². The van der Waals surface area contributed by atoms with E-state index in [1.165, 1.54) is 33.1 Å². The molecule has 212 valence electrons. The summed E-state index contributed by atoms with van der Waals surface area (Å²) in [6.45, 7) is 0. The first-order valence-electron chi connectivity index (χ1n) is 12.6. The van der Waals surface area contributed by atoms with Crippen molar-refractivity contribution in [1.82, 2.24) is 4.98 Å². The Kier molecular flexibility index (Phi) is 9.72. The quantitative estimate of drug-likeness (QED) is 0.201. The van der Waals surface area contributed by atoms with Crippen LogP contribution in [0.4, 0.5) is 11.5 Å². The maximum absolute atomic E-state index is 12.6. The second kappa shape index (κ2) is 13.8. The highest BCUT2D eigenvalue weighted by Gasteiger charge is 2.23. The summed E-state index contributed by atoms with van der Waals surface area (Å²) >= 11 is 1.19. The lowest BCUT2D eigenvalue weighted by atomic mass is 9.96. The molecule has 0 unspecified atom stereocenters. The zero-order chi connectivity index (χ0) is 30.1. The van der Waals surface area contributed by atoms with E-state index in [-0.39, 0.29) is 34.8 Å². The van der Waals surface area contributed by atoms with Crippen LogP contribution in [-0.2, 0) is 4.79 Å². The van der Waals surface area contributed by atoms with Gasteiger partial charge in [-0.1, -0.05) is 18.2 Å². The summed E-state index contributed by atoms with van der Waals surface area (Å²) in [5.74, 6) is 2.47. The first kappa shape index (κ1) is 29.6. The fraction of sp³-hybridized carbons (Fsp3) is 0.161. The molecule has 0 aliphatic carbocycles. The maximum atomic E-state index is 12.6. The van der Waals surface area contributed by atoms with E-state index in [0.29, 0.717) is 50.8 Å². The maximum Gasteiger partial charge on any atom is 0.225 e. The summed E-state index contributed by atoms with van der Waals surface area (Å²) in [5.41, 5.74) is 7.72. The van der Waals surface area contributed by atoms with Crippen molar-refractivity contribution in [3.05, 3.63) is 77.9 Å². The second-order valence-electron chi connectivity index (χ2n) is 8.65. The number of pyridine rings is 1. The van der Waals surface area contributed by atoms with Crippen molar-refractivity contribution >= 4 is 29.2 Å². The van der Waals surface area contributed by atoms with Gasteiger partial charge in [-0.25, -0.2) is 4.98 Å². The van der Waals surface area contributed by atoms with Crippen LogP contribution in [0.1, 0.15) is 17.5 Å². The van der Waals surface area contributed by atoms with Crippen molar-refractivity contribution in [2.75, 3.05) is 38.1 Å². The predicted molar refractivity (Wildman–Crippen MR) is 160 cm³/mol. The minimum atomic E-state index is -0.218. The highest BCUT2D eigenvalue weighted by Crippen LogP contribution is 2.44. The number of methoxy groups -OCH3 is 3. The topological polar surface area (TPSA) is 153 Å². The number of aromatic nitrogens is 1. The molecule has 0 atom stereocenters. The van der Waals surface area contributed by atoms with Gasteiger partial charge in [-0.2, -0.15) is 10.5 Å². The molecule has 0 aliphatic heterocycles. The summed E-state index contributed by atoms with van der Waals surface area (Å²) in [6.07, 6.45) is 0.138. The third-order valence-electron chi connectivity index (χ3n) is 6.05. The number of hydrogen-bond donors (Lipinski definition) is 2. The number of nitriles is 2. The molecule has 4 aromatic rings. The monoisotopic (exact) mass is 581 g/mol. The Morgan fingerprint density at radius 2 is 1.52 bits per heavy atom. The van der Waals surface area contributed by atoms with Crippen molar-refractivity contribution in [3.63, 3.8) is 0 Å². The first-order chi connectivity index (χ1) is 20.4. The number of hydrogen-bond acceptors (Lipinski definition) is 10. The van der Waals surface area contributed by atoms with Crippen molar-refractivity contribution in [3.8, 4) is 52.0 Å². The third-order valence-corrected chi connectivity index (χ3v) is 7.03. The minimum absolute atomic E-state index is 0.0370. The van der Waals surface area contributed by atoms with Crippen molar-refractivity contribution in [2.45, 2.75) is 11.4 Å². The van der Waals surface area contributed by atoms with Crippen LogP contribution in [0.5, 0.6) is 28.7 Å². The lowest BCUT2D eigenvalue weighted by Crippen LogP contribution is -2.12. The molecule has 42 heavy (non-hydrogen) atoms. The van der Waals surface area contributed by atoms with Crippen LogP contribution >= 0.6 is 11.8 Å². The van der Waals surface area contributed by atoms with Gasteiger partial charge in [0, 0.05) is 23.4 Å². The number of amides is 1. The van der Waals surface area contributed by atoms with Crippen LogP contribution in [0.15, 0.2) is 71.8 Å². The average molecular weight is 582 g/mol. The lowest BCUT2D eigenvalue weighted by Gasteiger charge is -2.17. The number of ether oxygens (including phenoxy) is 4. The molecule has 11 heteroatoms. The molecule has 1 aromatic heterocycles. The Morgan fingerprint density at radius 3 is 2.10 bits per heavy atom. The van der Waals surface area contributed by atoms with E-state index in [4.69, 9.17) is 24.7 Å². The summed E-state index contributed by atoms with van der Waals surface area (Å²) in [4.78, 5) is 16.9. The molecule has 0 saturated heterocycles. The normalized spacial score (nSPS) is 10.2. The van der Waals surface area contributed by atoms with Gasteiger partial charge in [0.25, 0.3) is 0 Å². The van der Waals surface area contributed by atoms with Gasteiger partial charge >= 0.3 is 0 Å². The van der Waals surface area contributed by atoms with E-state index in [0.717, 1.165) is 0 Å². The fourth-order valence-electron chi connectivity index (χ4n) is 4.11. The Labute approximate surface area is 247 Å². The van der Waals surface area contributed by atoms with E-state index < -0.39 is 0 Å². The van der Waals surface area contributed by atoms with Gasteiger partial charge in [0.2, 0.25) is 11.7 Å². The molecule has 0 spiro atoms. The van der Waals surface area contributed by atoms with Gasteiger partial charge in [-0.3, -0.25) is 4.79 Å². The lowest BCUT2D eigenvalue weighted by molar-refractivity contribution is -0.115. The average Bonchev–Trinajstić information content (AvgIpc) is 3.01. The van der Waals surface area contributed by atoms with E-state index in [1.807, 2.05) is 30.3 Å². The molecule has 0 fully saturated rings. The highest BCUT2D eigenvalue weighted by molar-refractivity contribution is 7.99. The van der Waals surface area contributed by atoms with Crippen molar-refractivity contribution in [1.29, 1.82) is 10.5 Å². The number of nitrogens with zero attached hydrogens (tertiary/aromatic N) is 3. The molecule has 4 rings (SSSR count). The molecule has 1 amide bonds. The van der Waals surface area contributed by atoms with Gasteiger partial charge in [-0.15, -0.1) is 11.8 Å². The number of nitrogens with two attached hydrogens (primary N) is 1. The largest absolute Gasteiger partial charge is 0.493 e. The van der Waals surface area contributed by atoms with E-state index in [9.17, 15) is 15.3 Å². The molecule has 10 nitrogen and oxygen atoms in total. The number of benzene rings is 3. The Hall–Kier alpha value is -5.39. The summed E-state index contributed by atoms with van der Waals surface area (Å²) < 4.78 is 22.1. The van der Waals surface area contributed by atoms with Gasteiger partial charge in [0.15, 0.2) is 11.5 Å². The molecular weight excluding hydrogens is 554 g/mol. The number of para-hydroxylation sites is 1. The zero-order valence-electron chi connectivity index (χ0n) is 23.1. The van der Waals surface area contributed by atoms with Crippen LogP contribution in [0, 0.1) is 22.7 Å². The Balaban J connectivity index is 1.50. The molecule has 0 radical (unpaired) electrons. The molecule has 3 N–H and O–H groups in total. The Morgan fingerprint density at radius 1 is 0.905 bits per heavy atom. The smallest absolute Gasteiger partial charge is 0.225 e. The number of nitrogens with one attached hydrogen (secondary N) is 1. The number of carbonyl (C=O) groups is 1. The molecule has 3 aromatic carbocycles. The van der Waals surface area contributed by atoms with Gasteiger partial charge in [-0.05, 0) is 54.1 Å². The van der Waals surface area contributed by atoms with E-state index in [1.54, 1.807) is 36.4 Å². The predicted octanol–water partition coefficient (Wildman–Crippen LogP) is 6.01. The van der Waals surface area contributed by atoms with Crippen LogP contribution < -0.4 is 30.0 Å². The number of rotatable bonds is 11. The fourth-order valence-corrected chi connectivity index (χ4v) is 5.05. The van der Waals surface area contributed by atoms with Crippen LogP contribution in [0.25, 0.3) is 11.1 Å². The number of anilines is 2. The van der Waals surface area contributed by atoms with Crippen LogP contribution in [0.3, 0.4) is 0 Å². The number of thioether (sulfide) groups is 1. The summed E-state index contributed by atoms with van der Waals surface area (Å²) in [7, 11) is 4.42. The molecule has 1 heterocycles.